The number of nitrogens with zero attached hydrogens (tertiary/aromatic N) is 2. The Morgan fingerprint density at radius 1 is 1.25 bits per heavy atom. The molecule has 0 fully saturated rings. The van der Waals surface area contributed by atoms with Crippen LogP contribution in [0.2, 0.25) is 0 Å². The maximum Gasteiger partial charge on any atom is 0.256 e. The molecule has 0 bridgehead atoms. The molecule has 2 N–H and O–H groups in total. The molecular formula is C14H13BrN4O. The van der Waals surface area contributed by atoms with Crippen LogP contribution >= 0.6 is 15.9 Å². The van der Waals surface area contributed by atoms with Crippen molar-refractivity contribution >= 4 is 33.5 Å². The molecule has 0 unspecified atom stereocenters. The summed E-state index contributed by atoms with van der Waals surface area (Å²) in [6.45, 7) is 4.21. The number of anilines is 2. The van der Waals surface area contributed by atoms with Crippen LogP contribution in [0.1, 0.15) is 10.4 Å². The minimum absolute atomic E-state index is 0.229. The number of hydrogen-bond acceptors (Lipinski definition) is 4. The molecule has 2 rings (SSSR count). The van der Waals surface area contributed by atoms with Gasteiger partial charge in [0.25, 0.3) is 5.91 Å². The van der Waals surface area contributed by atoms with E-state index in [9.17, 15) is 4.79 Å². The van der Waals surface area contributed by atoms with Crippen molar-refractivity contribution in [1.82, 2.24) is 10.2 Å². The lowest BCUT2D eigenvalue weighted by molar-refractivity contribution is 0.102. The third kappa shape index (κ3) is 3.89. The molecule has 0 aliphatic rings. The van der Waals surface area contributed by atoms with Crippen molar-refractivity contribution in [2.75, 3.05) is 17.2 Å². The number of amides is 1. The van der Waals surface area contributed by atoms with Gasteiger partial charge in [0.2, 0.25) is 0 Å². The first kappa shape index (κ1) is 14.2. The summed E-state index contributed by atoms with van der Waals surface area (Å²) in [4.78, 5) is 12.0. The maximum absolute atomic E-state index is 12.0. The van der Waals surface area contributed by atoms with Crippen LogP contribution in [0.4, 0.5) is 11.6 Å². The molecule has 6 heteroatoms. The van der Waals surface area contributed by atoms with Crippen molar-refractivity contribution in [3.63, 3.8) is 0 Å². The van der Waals surface area contributed by atoms with E-state index in [0.717, 1.165) is 4.47 Å². The average Bonchev–Trinajstić information content (AvgIpc) is 2.46. The van der Waals surface area contributed by atoms with Crippen LogP contribution in [0, 0.1) is 0 Å². The van der Waals surface area contributed by atoms with Gasteiger partial charge in [-0.2, -0.15) is 0 Å². The molecule has 1 amide bonds. The number of nitrogens with one attached hydrogen (secondary N) is 2. The van der Waals surface area contributed by atoms with Crippen LogP contribution in [-0.4, -0.2) is 22.6 Å². The summed E-state index contributed by atoms with van der Waals surface area (Å²) >= 11 is 3.33. The molecule has 0 aliphatic heterocycles. The second kappa shape index (κ2) is 6.81. The molecule has 0 saturated heterocycles. The maximum atomic E-state index is 12.0. The topological polar surface area (TPSA) is 66.9 Å². The SMILES string of the molecule is C=CCNc1ccc(NC(=O)c2cccc(Br)c2)nn1. The lowest BCUT2D eigenvalue weighted by atomic mass is 10.2. The van der Waals surface area contributed by atoms with Gasteiger partial charge in [-0.15, -0.1) is 16.8 Å². The molecule has 1 heterocycles. The van der Waals surface area contributed by atoms with Crippen molar-refractivity contribution in [1.29, 1.82) is 0 Å². The van der Waals surface area contributed by atoms with E-state index in [-0.39, 0.29) is 5.91 Å². The Balaban J connectivity index is 2.02. The lowest BCUT2D eigenvalue weighted by Crippen LogP contribution is -2.13. The summed E-state index contributed by atoms with van der Waals surface area (Å²) in [6.07, 6.45) is 1.73. The van der Waals surface area contributed by atoms with E-state index in [1.807, 2.05) is 6.07 Å². The van der Waals surface area contributed by atoms with Crippen LogP contribution in [0.5, 0.6) is 0 Å². The largest absolute Gasteiger partial charge is 0.365 e. The fourth-order valence-corrected chi connectivity index (χ4v) is 1.89. The van der Waals surface area contributed by atoms with Crippen LogP contribution in [-0.2, 0) is 0 Å². The van der Waals surface area contributed by atoms with Gasteiger partial charge in [-0.25, -0.2) is 0 Å². The fourth-order valence-electron chi connectivity index (χ4n) is 1.49. The summed E-state index contributed by atoms with van der Waals surface area (Å²) in [5, 5.41) is 13.6. The Morgan fingerprint density at radius 2 is 2.00 bits per heavy atom. The molecule has 5 nitrogen and oxygen atoms in total. The first-order chi connectivity index (χ1) is 9.69. The molecule has 1 aromatic heterocycles. The highest BCUT2D eigenvalue weighted by Crippen LogP contribution is 2.13. The molecule has 0 atom stereocenters. The zero-order valence-corrected chi connectivity index (χ0v) is 12.2. The van der Waals surface area contributed by atoms with Gasteiger partial charge in [0.1, 0.15) is 5.82 Å². The van der Waals surface area contributed by atoms with E-state index in [1.54, 1.807) is 36.4 Å². The number of benzene rings is 1. The highest BCUT2D eigenvalue weighted by atomic mass is 79.9. The van der Waals surface area contributed by atoms with E-state index >= 15 is 0 Å². The van der Waals surface area contributed by atoms with E-state index in [4.69, 9.17) is 0 Å². The van der Waals surface area contributed by atoms with Crippen molar-refractivity contribution < 1.29 is 4.79 Å². The average molecular weight is 333 g/mol. The molecule has 0 spiro atoms. The van der Waals surface area contributed by atoms with Gasteiger partial charge in [0.15, 0.2) is 5.82 Å². The minimum atomic E-state index is -0.229. The van der Waals surface area contributed by atoms with Gasteiger partial charge in [0.05, 0.1) is 0 Å². The monoisotopic (exact) mass is 332 g/mol. The molecule has 0 saturated carbocycles. The summed E-state index contributed by atoms with van der Waals surface area (Å²) in [5.74, 6) is 0.803. The quantitative estimate of drug-likeness (QED) is 0.825. The summed E-state index contributed by atoms with van der Waals surface area (Å²) in [7, 11) is 0. The zero-order valence-electron chi connectivity index (χ0n) is 10.6. The summed E-state index contributed by atoms with van der Waals surface area (Å²) < 4.78 is 0.847. The van der Waals surface area contributed by atoms with E-state index in [2.05, 4.69) is 43.3 Å². The van der Waals surface area contributed by atoms with Gasteiger partial charge in [-0.05, 0) is 30.3 Å². The fraction of sp³-hybridized carbons (Fsp3) is 0.0714. The van der Waals surface area contributed by atoms with Gasteiger partial charge < -0.3 is 10.6 Å². The zero-order chi connectivity index (χ0) is 14.4. The van der Waals surface area contributed by atoms with E-state index < -0.39 is 0 Å². The Bertz CT molecular complexity index is 613. The number of rotatable bonds is 5. The number of carbonyl (C=O) groups excluding carboxylic acids is 1. The van der Waals surface area contributed by atoms with Gasteiger partial charge in [0, 0.05) is 16.6 Å². The predicted molar refractivity (Wildman–Crippen MR) is 82.8 cm³/mol. The third-order valence-corrected chi connectivity index (χ3v) is 2.91. The Hall–Kier alpha value is -2.21. The van der Waals surface area contributed by atoms with Crippen molar-refractivity contribution in [3.8, 4) is 0 Å². The lowest BCUT2D eigenvalue weighted by Gasteiger charge is -2.05. The third-order valence-electron chi connectivity index (χ3n) is 2.42. The van der Waals surface area contributed by atoms with Crippen LogP contribution in [0.15, 0.2) is 53.5 Å². The molecule has 20 heavy (non-hydrogen) atoms. The molecule has 0 radical (unpaired) electrons. The standard InChI is InChI=1S/C14H13BrN4O/c1-2-8-16-12-6-7-13(19-18-12)17-14(20)10-4-3-5-11(15)9-10/h2-7,9H,1,8H2,(H,16,18)(H,17,19,20). The Kier molecular flexibility index (Phi) is 4.84. The predicted octanol–water partition coefficient (Wildman–Crippen LogP) is 3.09. The second-order valence-electron chi connectivity index (χ2n) is 3.94. The van der Waals surface area contributed by atoms with E-state index in [0.29, 0.717) is 23.7 Å². The smallest absolute Gasteiger partial charge is 0.256 e. The number of carbonyl (C=O) groups is 1. The number of hydrogen-bond donors (Lipinski definition) is 2. The van der Waals surface area contributed by atoms with Crippen molar-refractivity contribution in [2.45, 2.75) is 0 Å². The number of halogens is 1. The molecule has 2 aromatic rings. The van der Waals surface area contributed by atoms with Gasteiger partial charge in [-0.1, -0.05) is 28.1 Å². The molecule has 102 valence electrons. The number of aromatic nitrogens is 2. The van der Waals surface area contributed by atoms with Gasteiger partial charge in [-0.3, -0.25) is 4.79 Å². The van der Waals surface area contributed by atoms with Gasteiger partial charge >= 0.3 is 0 Å². The molecular weight excluding hydrogens is 320 g/mol. The summed E-state index contributed by atoms with van der Waals surface area (Å²) in [5.41, 5.74) is 0.551. The Morgan fingerprint density at radius 3 is 2.65 bits per heavy atom. The summed E-state index contributed by atoms with van der Waals surface area (Å²) in [6, 6.07) is 10.6. The van der Waals surface area contributed by atoms with Crippen LogP contribution in [0.3, 0.4) is 0 Å². The van der Waals surface area contributed by atoms with Crippen LogP contribution in [0.25, 0.3) is 0 Å². The normalized spacial score (nSPS) is 9.85. The van der Waals surface area contributed by atoms with E-state index in [1.165, 1.54) is 0 Å². The van der Waals surface area contributed by atoms with Crippen molar-refractivity contribution in [3.05, 3.63) is 59.1 Å². The van der Waals surface area contributed by atoms with Crippen molar-refractivity contribution in [2.24, 2.45) is 0 Å². The second-order valence-corrected chi connectivity index (χ2v) is 4.85. The highest BCUT2D eigenvalue weighted by molar-refractivity contribution is 9.10. The van der Waals surface area contributed by atoms with Crippen LogP contribution < -0.4 is 10.6 Å². The molecule has 0 aliphatic carbocycles. The minimum Gasteiger partial charge on any atom is -0.365 e. The molecule has 1 aromatic carbocycles. The Labute approximate surface area is 125 Å². The first-order valence-electron chi connectivity index (χ1n) is 5.94. The highest BCUT2D eigenvalue weighted by Gasteiger charge is 2.07. The first-order valence-corrected chi connectivity index (χ1v) is 6.74.